The summed E-state index contributed by atoms with van der Waals surface area (Å²) in [5.41, 5.74) is 1.53. The lowest BCUT2D eigenvalue weighted by molar-refractivity contribution is 0.0701. The first-order valence-electron chi connectivity index (χ1n) is 5.25. The Balaban J connectivity index is 2.26. The number of thiazole rings is 1. The molecular weight excluding hydrogens is 236 g/mol. The predicted molar refractivity (Wildman–Crippen MR) is 68.2 cm³/mol. The highest BCUT2D eigenvalue weighted by Gasteiger charge is 2.15. The van der Waals surface area contributed by atoms with Crippen molar-refractivity contribution in [3.05, 3.63) is 40.9 Å². The van der Waals surface area contributed by atoms with Gasteiger partial charge in [0.2, 0.25) is 0 Å². The molecule has 2 N–H and O–H groups in total. The van der Waals surface area contributed by atoms with Gasteiger partial charge in [0.05, 0.1) is 5.69 Å². The van der Waals surface area contributed by atoms with E-state index in [1.807, 2.05) is 37.3 Å². The largest absolute Gasteiger partial charge is 0.477 e. The maximum Gasteiger partial charge on any atom is 0.347 e. The van der Waals surface area contributed by atoms with Crippen molar-refractivity contribution in [1.29, 1.82) is 0 Å². The molecule has 0 fully saturated rings. The van der Waals surface area contributed by atoms with Gasteiger partial charge in [0.25, 0.3) is 0 Å². The van der Waals surface area contributed by atoms with E-state index in [1.54, 1.807) is 0 Å². The number of nitrogens with zero attached hydrogens (tertiary/aromatic N) is 1. The molecule has 0 bridgehead atoms. The molecule has 0 aliphatic heterocycles. The van der Waals surface area contributed by atoms with Crippen LogP contribution in [-0.4, -0.2) is 16.1 Å². The lowest BCUT2D eigenvalue weighted by Crippen LogP contribution is -1.97. The smallest absolute Gasteiger partial charge is 0.347 e. The summed E-state index contributed by atoms with van der Waals surface area (Å²) in [6.45, 7) is 1.90. The topological polar surface area (TPSA) is 62.2 Å². The summed E-state index contributed by atoms with van der Waals surface area (Å²) in [7, 11) is 0. The summed E-state index contributed by atoms with van der Waals surface area (Å²) in [6.07, 6.45) is 0.620. The second-order valence-electron chi connectivity index (χ2n) is 3.44. The molecule has 1 aromatic carbocycles. The molecule has 0 aliphatic rings. The number of aromatic nitrogens is 1. The van der Waals surface area contributed by atoms with Crippen LogP contribution in [0.2, 0.25) is 0 Å². The van der Waals surface area contributed by atoms with E-state index in [9.17, 15) is 4.79 Å². The number of carbonyl (C=O) groups is 1. The van der Waals surface area contributed by atoms with Gasteiger partial charge in [0.1, 0.15) is 4.88 Å². The van der Waals surface area contributed by atoms with Crippen molar-refractivity contribution < 1.29 is 9.90 Å². The maximum absolute atomic E-state index is 11.0. The zero-order chi connectivity index (χ0) is 12.3. The molecule has 1 heterocycles. The van der Waals surface area contributed by atoms with Gasteiger partial charge in [0, 0.05) is 5.69 Å². The van der Waals surface area contributed by atoms with Crippen LogP contribution < -0.4 is 5.32 Å². The number of aromatic carboxylic acids is 1. The van der Waals surface area contributed by atoms with Gasteiger partial charge >= 0.3 is 5.97 Å². The Morgan fingerprint density at radius 3 is 2.65 bits per heavy atom. The summed E-state index contributed by atoms with van der Waals surface area (Å²) in [5.74, 6) is -0.916. The lowest BCUT2D eigenvalue weighted by Gasteiger charge is -2.00. The third-order valence-corrected chi connectivity index (χ3v) is 3.25. The molecule has 5 heteroatoms. The van der Waals surface area contributed by atoms with Crippen molar-refractivity contribution in [2.75, 3.05) is 5.32 Å². The van der Waals surface area contributed by atoms with Gasteiger partial charge in [-0.15, -0.1) is 0 Å². The number of para-hydroxylation sites is 1. The highest BCUT2D eigenvalue weighted by molar-refractivity contribution is 7.17. The zero-order valence-corrected chi connectivity index (χ0v) is 10.1. The minimum atomic E-state index is -0.916. The second-order valence-corrected chi connectivity index (χ2v) is 4.44. The highest BCUT2D eigenvalue weighted by Crippen LogP contribution is 2.26. The molecule has 1 aromatic heterocycles. The van der Waals surface area contributed by atoms with Crippen LogP contribution in [0.25, 0.3) is 0 Å². The van der Waals surface area contributed by atoms with Crippen LogP contribution in [0.15, 0.2) is 30.3 Å². The van der Waals surface area contributed by atoms with E-state index in [4.69, 9.17) is 5.11 Å². The predicted octanol–water partition coefficient (Wildman–Crippen LogP) is 3.15. The molecule has 2 aromatic rings. The first-order valence-corrected chi connectivity index (χ1v) is 6.07. The number of carboxylic acid groups (broad SMARTS) is 1. The van der Waals surface area contributed by atoms with Gasteiger partial charge in [-0.05, 0) is 18.6 Å². The van der Waals surface area contributed by atoms with Crippen LogP contribution in [-0.2, 0) is 6.42 Å². The van der Waals surface area contributed by atoms with E-state index in [2.05, 4.69) is 10.3 Å². The van der Waals surface area contributed by atoms with Crippen LogP contribution in [0.4, 0.5) is 10.8 Å². The minimum absolute atomic E-state index is 0.311. The number of anilines is 2. The molecular formula is C12H12N2O2S. The van der Waals surface area contributed by atoms with Gasteiger partial charge in [-0.1, -0.05) is 36.5 Å². The third-order valence-electron chi connectivity index (χ3n) is 2.25. The first kappa shape index (κ1) is 11.6. The summed E-state index contributed by atoms with van der Waals surface area (Å²) >= 11 is 1.17. The van der Waals surface area contributed by atoms with Crippen LogP contribution in [0.3, 0.4) is 0 Å². The van der Waals surface area contributed by atoms with Gasteiger partial charge in [0.15, 0.2) is 5.13 Å². The Hall–Kier alpha value is -1.88. The van der Waals surface area contributed by atoms with Crippen molar-refractivity contribution in [2.24, 2.45) is 0 Å². The average Bonchev–Trinajstić information content (AvgIpc) is 2.73. The monoisotopic (exact) mass is 248 g/mol. The zero-order valence-electron chi connectivity index (χ0n) is 9.30. The molecule has 0 saturated heterocycles. The fourth-order valence-corrected chi connectivity index (χ4v) is 2.37. The summed E-state index contributed by atoms with van der Waals surface area (Å²) in [4.78, 5) is 15.6. The summed E-state index contributed by atoms with van der Waals surface area (Å²) in [6, 6.07) is 9.57. The van der Waals surface area contributed by atoms with Crippen molar-refractivity contribution in [3.63, 3.8) is 0 Å². The lowest BCUT2D eigenvalue weighted by atomic mass is 10.3. The maximum atomic E-state index is 11.0. The van der Waals surface area contributed by atoms with E-state index in [-0.39, 0.29) is 0 Å². The van der Waals surface area contributed by atoms with Crippen molar-refractivity contribution >= 4 is 28.1 Å². The number of hydrogen-bond donors (Lipinski definition) is 2. The van der Waals surface area contributed by atoms with Gasteiger partial charge in [-0.2, -0.15) is 0 Å². The van der Waals surface area contributed by atoms with Crippen LogP contribution in [0.1, 0.15) is 22.3 Å². The number of rotatable bonds is 4. The number of carboxylic acids is 1. The third kappa shape index (κ3) is 2.62. The molecule has 0 aliphatic carbocycles. The summed E-state index contributed by atoms with van der Waals surface area (Å²) < 4.78 is 0. The Morgan fingerprint density at radius 2 is 2.12 bits per heavy atom. The van der Waals surface area contributed by atoms with Crippen molar-refractivity contribution in [1.82, 2.24) is 4.98 Å². The molecule has 0 unspecified atom stereocenters. The normalized spacial score (nSPS) is 10.2. The van der Waals surface area contributed by atoms with E-state index in [0.29, 0.717) is 22.1 Å². The van der Waals surface area contributed by atoms with Gasteiger partial charge < -0.3 is 10.4 Å². The fourth-order valence-electron chi connectivity index (χ4n) is 1.46. The Labute approximate surface area is 103 Å². The quantitative estimate of drug-likeness (QED) is 0.872. The molecule has 0 saturated carbocycles. The van der Waals surface area contributed by atoms with Gasteiger partial charge in [-0.25, -0.2) is 9.78 Å². The van der Waals surface area contributed by atoms with E-state index in [0.717, 1.165) is 5.69 Å². The molecule has 2 rings (SSSR count). The highest BCUT2D eigenvalue weighted by atomic mass is 32.1. The molecule has 88 valence electrons. The number of aryl methyl sites for hydroxylation is 1. The second kappa shape index (κ2) is 4.97. The number of hydrogen-bond acceptors (Lipinski definition) is 4. The molecule has 0 radical (unpaired) electrons. The fraction of sp³-hybridized carbons (Fsp3) is 0.167. The molecule has 0 spiro atoms. The van der Waals surface area contributed by atoms with E-state index in [1.165, 1.54) is 11.3 Å². The molecule has 17 heavy (non-hydrogen) atoms. The van der Waals surface area contributed by atoms with Crippen molar-refractivity contribution in [2.45, 2.75) is 13.3 Å². The Morgan fingerprint density at radius 1 is 1.41 bits per heavy atom. The van der Waals surface area contributed by atoms with Crippen molar-refractivity contribution in [3.8, 4) is 0 Å². The van der Waals surface area contributed by atoms with Crippen LogP contribution >= 0.6 is 11.3 Å². The molecule has 4 nitrogen and oxygen atoms in total. The molecule has 0 amide bonds. The Bertz CT molecular complexity index is 523. The molecule has 0 atom stereocenters. The number of nitrogens with one attached hydrogen (secondary N) is 1. The first-order chi connectivity index (χ1) is 8.20. The average molecular weight is 248 g/mol. The van der Waals surface area contributed by atoms with Crippen LogP contribution in [0, 0.1) is 0 Å². The summed E-state index contributed by atoms with van der Waals surface area (Å²) in [5, 5.41) is 12.7. The standard InChI is InChI=1S/C12H12N2O2S/c1-2-9-10(11(15)16)17-12(14-9)13-8-6-4-3-5-7-8/h3-7H,2H2,1H3,(H,13,14)(H,15,16). The Kier molecular flexibility index (Phi) is 3.39. The number of benzene rings is 1. The van der Waals surface area contributed by atoms with Crippen LogP contribution in [0.5, 0.6) is 0 Å². The SMILES string of the molecule is CCc1nc(Nc2ccccc2)sc1C(=O)O. The van der Waals surface area contributed by atoms with E-state index < -0.39 is 5.97 Å². The van der Waals surface area contributed by atoms with Gasteiger partial charge in [-0.3, -0.25) is 0 Å². The minimum Gasteiger partial charge on any atom is -0.477 e. The van der Waals surface area contributed by atoms with E-state index >= 15 is 0 Å².